The topological polar surface area (TPSA) is 143 Å². The van der Waals surface area contributed by atoms with Gasteiger partial charge in [0.25, 0.3) is 0 Å². The van der Waals surface area contributed by atoms with Gasteiger partial charge in [-0.15, -0.1) is 0 Å². The molecule has 1 amide bonds. The summed E-state index contributed by atoms with van der Waals surface area (Å²) in [6.45, 7) is 13.1. The number of amides is 1. The van der Waals surface area contributed by atoms with Crippen LogP contribution in [0.1, 0.15) is 110 Å². The van der Waals surface area contributed by atoms with Crippen molar-refractivity contribution in [3.63, 3.8) is 0 Å². The third-order valence-corrected chi connectivity index (χ3v) is 14.9. The number of nitrogens with two attached hydrogens (primary N) is 2. The molecule has 11 atom stereocenters. The second-order valence-corrected chi connectivity index (χ2v) is 17.7. The number of esters is 1. The van der Waals surface area contributed by atoms with E-state index in [1.807, 2.05) is 30.3 Å². The minimum Gasteiger partial charge on any atom is -0.467 e. The maximum absolute atomic E-state index is 13.2. The zero-order valence-corrected chi connectivity index (χ0v) is 33.0. The van der Waals surface area contributed by atoms with Crippen LogP contribution in [0.3, 0.4) is 0 Å². The average molecular weight is 724 g/mol. The number of aliphatic hydroxyl groups excluding tert-OH is 1. The summed E-state index contributed by atoms with van der Waals surface area (Å²) >= 11 is 0. The monoisotopic (exact) mass is 724 g/mol. The lowest BCUT2D eigenvalue weighted by atomic mass is 9.43. The van der Waals surface area contributed by atoms with Crippen molar-refractivity contribution < 1.29 is 19.4 Å². The third-order valence-electron chi connectivity index (χ3n) is 14.9. The van der Waals surface area contributed by atoms with E-state index >= 15 is 0 Å². The van der Waals surface area contributed by atoms with Crippen molar-refractivity contribution in [1.29, 1.82) is 0 Å². The van der Waals surface area contributed by atoms with E-state index < -0.39 is 12.0 Å². The Bertz CT molecular complexity index is 1260. The first kappa shape index (κ1) is 41.1. The van der Waals surface area contributed by atoms with Crippen LogP contribution in [-0.2, 0) is 20.7 Å². The molecule has 4 saturated carbocycles. The molecule has 0 spiro atoms. The van der Waals surface area contributed by atoms with Gasteiger partial charge in [0.1, 0.15) is 6.04 Å². The first-order valence-electron chi connectivity index (χ1n) is 21.0. The number of carbonyl (C=O) groups excluding carboxylic acids is 2. The normalized spacial score (nSPS) is 33.8. The Balaban J connectivity index is 1.12. The van der Waals surface area contributed by atoms with Crippen molar-refractivity contribution in [3.8, 4) is 0 Å². The zero-order valence-electron chi connectivity index (χ0n) is 33.0. The summed E-state index contributed by atoms with van der Waals surface area (Å²) in [5.41, 5.74) is 12.7. The van der Waals surface area contributed by atoms with Crippen LogP contribution in [0.2, 0.25) is 0 Å². The van der Waals surface area contributed by atoms with Crippen LogP contribution in [0.4, 0.5) is 0 Å². The summed E-state index contributed by atoms with van der Waals surface area (Å²) < 4.78 is 5.02. The molecule has 7 N–H and O–H groups in total. The van der Waals surface area contributed by atoms with Gasteiger partial charge in [0.15, 0.2) is 0 Å². The molecule has 9 nitrogen and oxygen atoms in total. The zero-order chi connectivity index (χ0) is 37.3. The van der Waals surface area contributed by atoms with E-state index in [0.717, 1.165) is 89.3 Å². The minimum atomic E-state index is -0.697. The smallest absolute Gasteiger partial charge is 0.328 e. The first-order valence-corrected chi connectivity index (χ1v) is 21.0. The molecular weight excluding hydrogens is 651 g/mol. The van der Waals surface area contributed by atoms with Gasteiger partial charge < -0.3 is 36.8 Å². The summed E-state index contributed by atoms with van der Waals surface area (Å²) in [7, 11) is 1.37. The van der Waals surface area contributed by atoms with Crippen LogP contribution in [0, 0.1) is 46.3 Å². The number of aliphatic hydroxyl groups is 1. The van der Waals surface area contributed by atoms with Gasteiger partial charge in [0, 0.05) is 18.9 Å². The highest BCUT2D eigenvalue weighted by atomic mass is 16.5. The van der Waals surface area contributed by atoms with E-state index in [9.17, 15) is 14.7 Å². The van der Waals surface area contributed by atoms with E-state index in [1.54, 1.807) is 0 Å². The second-order valence-electron chi connectivity index (χ2n) is 17.7. The highest BCUT2D eigenvalue weighted by Gasteiger charge is 2.63. The molecule has 0 aliphatic heterocycles. The number of hydrogen-bond acceptors (Lipinski definition) is 8. The van der Waals surface area contributed by atoms with Crippen LogP contribution in [-0.4, -0.2) is 86.4 Å². The average Bonchev–Trinajstić information content (AvgIpc) is 3.52. The summed E-state index contributed by atoms with van der Waals surface area (Å²) in [5.74, 6) is 2.75. The van der Waals surface area contributed by atoms with Gasteiger partial charge in [-0.3, -0.25) is 4.79 Å². The fourth-order valence-corrected chi connectivity index (χ4v) is 12.0. The number of carbonyl (C=O) groups is 2. The molecule has 0 unspecified atom stereocenters. The molecule has 0 radical (unpaired) electrons. The number of hydrogen-bond donors (Lipinski definition) is 5. The molecule has 9 heteroatoms. The minimum absolute atomic E-state index is 0.106. The van der Waals surface area contributed by atoms with Crippen LogP contribution in [0.25, 0.3) is 0 Å². The molecule has 1 aromatic rings. The fraction of sp³-hybridized carbons (Fsp3) is 0.814. The summed E-state index contributed by atoms with van der Waals surface area (Å²) in [6, 6.07) is 9.65. The van der Waals surface area contributed by atoms with E-state index in [1.165, 1.54) is 45.6 Å². The predicted molar refractivity (Wildman–Crippen MR) is 209 cm³/mol. The van der Waals surface area contributed by atoms with Gasteiger partial charge in [0.05, 0.1) is 13.2 Å². The number of methoxy groups -OCH3 is 1. The Kier molecular flexibility index (Phi) is 15.0. The highest BCUT2D eigenvalue weighted by molar-refractivity contribution is 5.84. The number of nitrogens with zero attached hydrogens (tertiary/aromatic N) is 1. The van der Waals surface area contributed by atoms with Crippen molar-refractivity contribution in [3.05, 3.63) is 35.9 Å². The molecule has 0 bridgehead atoms. The summed E-state index contributed by atoms with van der Waals surface area (Å²) in [4.78, 5) is 28.2. The SMILES string of the molecule is COC(=O)[C@H](Cc1ccccc1)NC(=O)CC[C@@H](C)[C@H]1CC[C@H]2[C@@H]3CC[C@@H]4C[C@@H](NCCCN(CCCN)CCCN)CC[C@]4(C)[C@H]3C[C@H](O)[C@]12C. The van der Waals surface area contributed by atoms with Crippen LogP contribution in [0.5, 0.6) is 0 Å². The number of nitrogens with one attached hydrogen (secondary N) is 2. The quantitative estimate of drug-likeness (QED) is 0.0959. The Morgan fingerprint density at radius 3 is 2.37 bits per heavy atom. The fourth-order valence-electron chi connectivity index (χ4n) is 12.0. The van der Waals surface area contributed by atoms with E-state index in [0.29, 0.717) is 53.9 Å². The van der Waals surface area contributed by atoms with Crippen molar-refractivity contribution >= 4 is 11.9 Å². The largest absolute Gasteiger partial charge is 0.467 e. The molecule has 0 heterocycles. The van der Waals surface area contributed by atoms with Crippen molar-refractivity contribution in [2.75, 3.05) is 46.4 Å². The van der Waals surface area contributed by atoms with Gasteiger partial charge >= 0.3 is 5.97 Å². The highest BCUT2D eigenvalue weighted by Crippen LogP contribution is 2.68. The van der Waals surface area contributed by atoms with Gasteiger partial charge in [-0.05, 0) is 168 Å². The van der Waals surface area contributed by atoms with Crippen molar-refractivity contribution in [2.45, 2.75) is 129 Å². The lowest BCUT2D eigenvalue weighted by molar-refractivity contribution is -0.169. The maximum atomic E-state index is 13.2. The summed E-state index contributed by atoms with van der Waals surface area (Å²) in [5, 5.41) is 19.0. The molecule has 294 valence electrons. The molecule has 4 fully saturated rings. The van der Waals surface area contributed by atoms with E-state index in [4.69, 9.17) is 16.2 Å². The lowest BCUT2D eigenvalue weighted by Crippen LogP contribution is -2.59. The molecule has 0 saturated heterocycles. The number of rotatable bonds is 19. The molecule has 4 aliphatic rings. The van der Waals surface area contributed by atoms with Crippen molar-refractivity contribution in [2.24, 2.45) is 57.8 Å². The molecule has 52 heavy (non-hydrogen) atoms. The van der Waals surface area contributed by atoms with Gasteiger partial charge in [-0.1, -0.05) is 51.1 Å². The molecule has 5 rings (SSSR count). The molecular formula is C43H73N5O4. The Morgan fingerprint density at radius 2 is 1.67 bits per heavy atom. The van der Waals surface area contributed by atoms with Crippen molar-refractivity contribution in [1.82, 2.24) is 15.5 Å². The number of ether oxygens (including phenoxy) is 1. The van der Waals surface area contributed by atoms with Gasteiger partial charge in [-0.2, -0.15) is 0 Å². The molecule has 4 aliphatic carbocycles. The Hall–Kier alpha value is -2.04. The van der Waals surface area contributed by atoms with Gasteiger partial charge in [-0.25, -0.2) is 4.79 Å². The van der Waals surface area contributed by atoms with Crippen LogP contribution in [0.15, 0.2) is 30.3 Å². The standard InChI is InChI=1S/C43H73N5O4/c1-30(13-18-40(50)47-38(41(51)52-4)27-31-11-6-5-7-12-31)35-16-17-36-34-15-14-32-28-33(46-23-10-26-48(24-8-21-44)25-9-22-45)19-20-42(32,2)37(34)29-39(49)43(35,36)3/h5-7,11-12,30,32-39,46,49H,8-10,13-29,44-45H2,1-4H3,(H,47,50)/t30-,32-,33+,34+,35-,36+,37+,38+,39+,42+,43-/m1/s1. The Morgan fingerprint density at radius 1 is 0.962 bits per heavy atom. The van der Waals surface area contributed by atoms with E-state index in [-0.39, 0.29) is 17.4 Å². The first-order chi connectivity index (χ1) is 25.0. The molecule has 0 aromatic heterocycles. The van der Waals surface area contributed by atoms with Crippen LogP contribution >= 0.6 is 0 Å². The Labute approximate surface area is 315 Å². The number of benzene rings is 1. The predicted octanol–water partition coefficient (Wildman–Crippen LogP) is 5.28. The third kappa shape index (κ3) is 9.42. The second kappa shape index (κ2) is 19.0. The van der Waals surface area contributed by atoms with Gasteiger partial charge in [0.2, 0.25) is 5.91 Å². The molecule has 1 aromatic carbocycles. The van der Waals surface area contributed by atoms with Crippen LogP contribution < -0.4 is 22.1 Å². The lowest BCUT2D eigenvalue weighted by Gasteiger charge is -2.62. The maximum Gasteiger partial charge on any atom is 0.328 e. The number of fused-ring (bicyclic) bond motifs is 5. The summed E-state index contributed by atoms with van der Waals surface area (Å²) in [6.07, 6.45) is 14.1. The van der Waals surface area contributed by atoms with E-state index in [2.05, 4.69) is 36.3 Å².